The highest BCUT2D eigenvalue weighted by atomic mass is 32.2. The topological polar surface area (TPSA) is 86.1 Å². The van der Waals surface area contributed by atoms with E-state index >= 15 is 0 Å². The fourth-order valence-corrected chi connectivity index (χ4v) is 8.05. The summed E-state index contributed by atoms with van der Waals surface area (Å²) in [7, 11) is 1.39. The van der Waals surface area contributed by atoms with Crippen LogP contribution in [0, 0.1) is 0 Å². The van der Waals surface area contributed by atoms with Gasteiger partial charge in [0.2, 0.25) is 5.91 Å². The van der Waals surface area contributed by atoms with Crippen molar-refractivity contribution in [1.82, 2.24) is 14.8 Å². The van der Waals surface area contributed by atoms with Gasteiger partial charge in [-0.2, -0.15) is 0 Å². The molecule has 0 aromatic carbocycles. The normalized spacial score (nSPS) is 15.0. The summed E-state index contributed by atoms with van der Waals surface area (Å²) in [5, 5.41) is 15.4. The van der Waals surface area contributed by atoms with Gasteiger partial charge in [0.25, 0.3) is 0 Å². The molecule has 3 heterocycles. The number of fused-ring (bicyclic) bond motifs is 2. The molecule has 0 radical (unpaired) electrons. The summed E-state index contributed by atoms with van der Waals surface area (Å²) < 4.78 is 7.11. The van der Waals surface area contributed by atoms with Crippen LogP contribution in [-0.2, 0) is 41.8 Å². The lowest BCUT2D eigenvalue weighted by molar-refractivity contribution is -0.113. The van der Waals surface area contributed by atoms with Crippen LogP contribution in [0.2, 0.25) is 0 Å². The Morgan fingerprint density at radius 3 is 2.59 bits per heavy atom. The zero-order chi connectivity index (χ0) is 23.7. The van der Waals surface area contributed by atoms with Gasteiger partial charge in [0, 0.05) is 27.2 Å². The molecule has 0 aliphatic heterocycles. The van der Waals surface area contributed by atoms with Crippen LogP contribution < -0.4 is 5.32 Å². The van der Waals surface area contributed by atoms with Gasteiger partial charge in [-0.25, -0.2) is 4.79 Å². The van der Waals surface area contributed by atoms with Crippen molar-refractivity contribution in [2.24, 2.45) is 0 Å². The van der Waals surface area contributed by atoms with E-state index < -0.39 is 0 Å². The Balaban J connectivity index is 1.31. The summed E-state index contributed by atoms with van der Waals surface area (Å²) in [6.45, 7) is 2.82. The molecule has 1 amide bonds. The second kappa shape index (κ2) is 10.2. The summed E-state index contributed by atoms with van der Waals surface area (Å²) in [6, 6.07) is 0. The van der Waals surface area contributed by atoms with Crippen molar-refractivity contribution in [2.45, 2.75) is 70.0 Å². The molecule has 10 heteroatoms. The quantitative estimate of drug-likeness (QED) is 0.336. The van der Waals surface area contributed by atoms with Gasteiger partial charge in [0.15, 0.2) is 11.0 Å². The molecule has 3 aromatic rings. The van der Waals surface area contributed by atoms with Gasteiger partial charge in [0.05, 0.1) is 18.4 Å². The standard InChI is InChI=1S/C24H28N4O3S3/c1-3-28-21(16-12-32-17-10-6-4-8-14(16)17)26-27-24(28)33-13-19(29)25-22-20(23(30)31-2)15-9-5-7-11-18(15)34-22/h12H,3-11,13H2,1-2H3,(H,25,29). The molecule has 0 saturated carbocycles. The molecule has 0 bridgehead atoms. The highest BCUT2D eigenvalue weighted by Crippen LogP contribution is 2.39. The Labute approximate surface area is 211 Å². The zero-order valence-corrected chi connectivity index (χ0v) is 21.9. The number of esters is 1. The van der Waals surface area contributed by atoms with Crippen LogP contribution in [0.15, 0.2) is 10.5 Å². The SMILES string of the molecule is CCn1c(SCC(=O)Nc2sc3c(c2C(=O)OC)CCCC3)nnc1-c1csc2c1CCCC2. The number of aromatic nitrogens is 3. The fraction of sp³-hybridized carbons (Fsp3) is 0.500. The number of rotatable bonds is 7. The summed E-state index contributed by atoms with van der Waals surface area (Å²) >= 11 is 4.71. The molecule has 2 aliphatic carbocycles. The molecule has 0 saturated heterocycles. The predicted molar refractivity (Wildman–Crippen MR) is 137 cm³/mol. The van der Waals surface area contributed by atoms with Crippen LogP contribution in [0.4, 0.5) is 5.00 Å². The third kappa shape index (κ3) is 4.43. The van der Waals surface area contributed by atoms with E-state index in [-0.39, 0.29) is 17.6 Å². The minimum Gasteiger partial charge on any atom is -0.465 e. The number of carbonyl (C=O) groups is 2. The highest BCUT2D eigenvalue weighted by Gasteiger charge is 2.27. The minimum absolute atomic E-state index is 0.158. The van der Waals surface area contributed by atoms with Gasteiger partial charge in [0.1, 0.15) is 5.00 Å². The molecule has 5 rings (SSSR count). The first kappa shape index (κ1) is 23.6. The Kier molecular flexibility index (Phi) is 7.08. The van der Waals surface area contributed by atoms with Gasteiger partial charge in [-0.05, 0) is 69.4 Å². The molecule has 2 aliphatic rings. The van der Waals surface area contributed by atoms with Crippen LogP contribution in [0.1, 0.15) is 63.8 Å². The number of methoxy groups -OCH3 is 1. The second-order valence-electron chi connectivity index (χ2n) is 8.55. The van der Waals surface area contributed by atoms with Gasteiger partial charge < -0.3 is 14.6 Å². The third-order valence-electron chi connectivity index (χ3n) is 6.48. The lowest BCUT2D eigenvalue weighted by atomic mass is 9.95. The van der Waals surface area contributed by atoms with Crippen molar-refractivity contribution >= 4 is 51.3 Å². The number of carbonyl (C=O) groups excluding carboxylic acids is 2. The van der Waals surface area contributed by atoms with Crippen LogP contribution >= 0.6 is 34.4 Å². The lowest BCUT2D eigenvalue weighted by Crippen LogP contribution is -2.17. The number of hydrogen-bond acceptors (Lipinski definition) is 8. The summed E-state index contributed by atoms with van der Waals surface area (Å²) in [5.74, 6) is 0.553. The van der Waals surface area contributed by atoms with E-state index in [0.29, 0.717) is 10.6 Å². The molecule has 34 heavy (non-hydrogen) atoms. The van der Waals surface area contributed by atoms with Gasteiger partial charge in [-0.1, -0.05) is 11.8 Å². The largest absolute Gasteiger partial charge is 0.465 e. The third-order valence-corrected chi connectivity index (χ3v) is 9.74. The summed E-state index contributed by atoms with van der Waals surface area (Å²) in [6.07, 6.45) is 8.70. The van der Waals surface area contributed by atoms with E-state index in [1.807, 2.05) is 11.3 Å². The lowest BCUT2D eigenvalue weighted by Gasteiger charge is -2.13. The van der Waals surface area contributed by atoms with Gasteiger partial charge >= 0.3 is 5.97 Å². The second-order valence-corrected chi connectivity index (χ2v) is 11.6. The molecular weight excluding hydrogens is 488 g/mol. The summed E-state index contributed by atoms with van der Waals surface area (Å²) in [4.78, 5) is 27.9. The fourth-order valence-electron chi connectivity index (χ4n) is 4.83. The zero-order valence-electron chi connectivity index (χ0n) is 19.4. The molecule has 3 aromatic heterocycles. The average molecular weight is 517 g/mol. The Hall–Kier alpha value is -2.17. The first-order chi connectivity index (χ1) is 16.6. The number of amides is 1. The van der Waals surface area contributed by atoms with Crippen LogP contribution in [-0.4, -0.2) is 39.5 Å². The van der Waals surface area contributed by atoms with E-state index in [0.717, 1.165) is 61.6 Å². The van der Waals surface area contributed by atoms with Crippen LogP contribution in [0.5, 0.6) is 0 Å². The Morgan fingerprint density at radius 2 is 1.82 bits per heavy atom. The number of ether oxygens (including phenoxy) is 1. The number of anilines is 1. The van der Waals surface area contributed by atoms with Crippen LogP contribution in [0.3, 0.4) is 0 Å². The van der Waals surface area contributed by atoms with E-state index in [1.54, 1.807) is 0 Å². The molecule has 0 atom stereocenters. The van der Waals surface area contributed by atoms with E-state index in [1.165, 1.54) is 63.9 Å². The van der Waals surface area contributed by atoms with E-state index in [4.69, 9.17) is 4.74 Å². The summed E-state index contributed by atoms with van der Waals surface area (Å²) in [5.41, 5.74) is 4.18. The number of nitrogens with one attached hydrogen (secondary N) is 1. The van der Waals surface area contributed by atoms with Crippen molar-refractivity contribution in [2.75, 3.05) is 18.2 Å². The number of hydrogen-bond donors (Lipinski definition) is 1. The number of aryl methyl sites for hydroxylation is 2. The molecule has 0 unspecified atom stereocenters. The van der Waals surface area contributed by atoms with Crippen molar-refractivity contribution in [1.29, 1.82) is 0 Å². The first-order valence-electron chi connectivity index (χ1n) is 11.8. The molecule has 180 valence electrons. The Bertz CT molecular complexity index is 1230. The van der Waals surface area contributed by atoms with Crippen LogP contribution in [0.25, 0.3) is 11.4 Å². The average Bonchev–Trinajstić information content (AvgIpc) is 3.56. The minimum atomic E-state index is -0.378. The molecular formula is C24H28N4O3S3. The number of thiophene rings is 2. The number of nitrogens with zero attached hydrogens (tertiary/aromatic N) is 3. The smallest absolute Gasteiger partial charge is 0.341 e. The number of thioether (sulfide) groups is 1. The maximum Gasteiger partial charge on any atom is 0.341 e. The maximum absolute atomic E-state index is 12.9. The van der Waals surface area contributed by atoms with Crippen molar-refractivity contribution in [3.8, 4) is 11.4 Å². The van der Waals surface area contributed by atoms with Gasteiger partial charge in [-0.15, -0.1) is 32.9 Å². The van der Waals surface area contributed by atoms with Gasteiger partial charge in [-0.3, -0.25) is 4.79 Å². The van der Waals surface area contributed by atoms with E-state index in [9.17, 15) is 9.59 Å². The first-order valence-corrected chi connectivity index (χ1v) is 14.5. The Morgan fingerprint density at radius 1 is 1.09 bits per heavy atom. The van der Waals surface area contributed by atoms with Crippen molar-refractivity contribution in [3.63, 3.8) is 0 Å². The van der Waals surface area contributed by atoms with E-state index in [2.05, 4.69) is 32.4 Å². The highest BCUT2D eigenvalue weighted by molar-refractivity contribution is 7.99. The molecule has 1 N–H and O–H groups in total. The van der Waals surface area contributed by atoms with Crippen molar-refractivity contribution in [3.05, 3.63) is 31.8 Å². The molecule has 7 nitrogen and oxygen atoms in total. The molecule has 0 fully saturated rings. The monoisotopic (exact) mass is 516 g/mol. The molecule has 0 spiro atoms. The predicted octanol–water partition coefficient (Wildman–Crippen LogP) is 5.36. The van der Waals surface area contributed by atoms with Crippen molar-refractivity contribution < 1.29 is 14.3 Å². The maximum atomic E-state index is 12.9.